The quantitative estimate of drug-likeness (QED) is 0.516. The fourth-order valence-corrected chi connectivity index (χ4v) is 3.81. The summed E-state index contributed by atoms with van der Waals surface area (Å²) < 4.78 is 5.37. The number of aromatic amines is 1. The number of carbonyl (C=O) groups excluding carboxylic acids is 1. The van der Waals surface area contributed by atoms with Gasteiger partial charge in [0.25, 0.3) is 0 Å². The molecule has 0 radical (unpaired) electrons. The van der Waals surface area contributed by atoms with E-state index >= 15 is 0 Å². The van der Waals surface area contributed by atoms with E-state index in [4.69, 9.17) is 16.3 Å². The Balaban J connectivity index is 1.70. The Hall–Kier alpha value is -2.51. The first kappa shape index (κ1) is 22.2. The van der Waals surface area contributed by atoms with E-state index in [2.05, 4.69) is 15.2 Å². The molecule has 0 atom stereocenters. The average Bonchev–Trinajstić information content (AvgIpc) is 3.19. The molecule has 0 unspecified atom stereocenters. The molecule has 3 rings (SSSR count). The van der Waals surface area contributed by atoms with Gasteiger partial charge in [-0.25, -0.2) is 4.98 Å². The molecule has 1 aromatic heterocycles. The molecule has 1 amide bonds. The molecule has 0 saturated heterocycles. The number of halogens is 1. The predicted octanol–water partition coefficient (Wildman–Crippen LogP) is 5.05. The molecule has 1 N–H and O–H groups in total. The molecule has 0 aliphatic rings. The maximum atomic E-state index is 13.0. The van der Waals surface area contributed by atoms with Crippen molar-refractivity contribution < 1.29 is 9.53 Å². The standard InChI is InChI=1S/C22H25ClN4O2S/c1-22(2,3)27(13-15-8-6-5-7-9-15)19(28)14-30-21-24-20(25-26-21)17-12-16(23)10-11-18(17)29-4/h5-12H,13-14H2,1-4H3,(H,24,25,26). The first-order valence-corrected chi connectivity index (χ1v) is 10.9. The van der Waals surface area contributed by atoms with E-state index in [0.29, 0.717) is 28.3 Å². The van der Waals surface area contributed by atoms with E-state index in [9.17, 15) is 4.79 Å². The Morgan fingerprint density at radius 3 is 2.60 bits per heavy atom. The van der Waals surface area contributed by atoms with E-state index in [0.717, 1.165) is 11.1 Å². The lowest BCUT2D eigenvalue weighted by molar-refractivity contribution is -0.133. The highest BCUT2D eigenvalue weighted by atomic mass is 35.5. The maximum Gasteiger partial charge on any atom is 0.233 e. The van der Waals surface area contributed by atoms with Gasteiger partial charge in [0.05, 0.1) is 18.4 Å². The van der Waals surface area contributed by atoms with Crippen LogP contribution in [0.4, 0.5) is 0 Å². The van der Waals surface area contributed by atoms with Gasteiger partial charge in [-0.1, -0.05) is 53.7 Å². The second kappa shape index (κ2) is 9.53. The van der Waals surface area contributed by atoms with Gasteiger partial charge in [0, 0.05) is 17.1 Å². The molecule has 0 aliphatic heterocycles. The normalized spacial score (nSPS) is 11.4. The number of amides is 1. The van der Waals surface area contributed by atoms with Crippen LogP contribution < -0.4 is 4.74 Å². The van der Waals surface area contributed by atoms with Crippen molar-refractivity contribution in [2.45, 2.75) is 38.0 Å². The highest BCUT2D eigenvalue weighted by Gasteiger charge is 2.27. The lowest BCUT2D eigenvalue weighted by Crippen LogP contribution is -2.45. The summed E-state index contributed by atoms with van der Waals surface area (Å²) in [6.45, 7) is 6.67. The number of aromatic nitrogens is 3. The van der Waals surface area contributed by atoms with Crippen molar-refractivity contribution in [1.82, 2.24) is 20.1 Å². The average molecular weight is 445 g/mol. The number of ether oxygens (including phenoxy) is 1. The Labute approximate surface area is 186 Å². The van der Waals surface area contributed by atoms with Gasteiger partial charge in [0.1, 0.15) is 5.75 Å². The van der Waals surface area contributed by atoms with Crippen LogP contribution in [0.25, 0.3) is 11.4 Å². The van der Waals surface area contributed by atoms with Crippen LogP contribution in [0.15, 0.2) is 53.7 Å². The highest BCUT2D eigenvalue weighted by Crippen LogP contribution is 2.31. The van der Waals surface area contributed by atoms with Crippen molar-refractivity contribution in [3.05, 3.63) is 59.1 Å². The van der Waals surface area contributed by atoms with Gasteiger partial charge in [-0.15, -0.1) is 5.10 Å². The number of hydrogen-bond acceptors (Lipinski definition) is 5. The zero-order chi connectivity index (χ0) is 21.7. The van der Waals surface area contributed by atoms with Crippen molar-refractivity contribution in [3.63, 3.8) is 0 Å². The van der Waals surface area contributed by atoms with Crippen molar-refractivity contribution in [2.24, 2.45) is 0 Å². The largest absolute Gasteiger partial charge is 0.496 e. The summed E-state index contributed by atoms with van der Waals surface area (Å²) in [7, 11) is 1.59. The number of carbonyl (C=O) groups is 1. The van der Waals surface area contributed by atoms with Crippen LogP contribution in [-0.2, 0) is 11.3 Å². The summed E-state index contributed by atoms with van der Waals surface area (Å²) in [6.07, 6.45) is 0. The molecule has 0 aliphatic carbocycles. The van der Waals surface area contributed by atoms with E-state index in [1.807, 2.05) is 56.0 Å². The number of rotatable bonds is 7. The van der Waals surface area contributed by atoms with Gasteiger partial charge in [-0.2, -0.15) is 0 Å². The molecule has 30 heavy (non-hydrogen) atoms. The molecule has 6 nitrogen and oxygen atoms in total. The highest BCUT2D eigenvalue weighted by molar-refractivity contribution is 7.99. The SMILES string of the molecule is COc1ccc(Cl)cc1-c1nc(SCC(=O)N(Cc2ccccc2)C(C)(C)C)n[nH]1. The first-order valence-electron chi connectivity index (χ1n) is 9.51. The molecule has 0 fully saturated rings. The van der Waals surface area contributed by atoms with Gasteiger partial charge >= 0.3 is 0 Å². The number of benzene rings is 2. The molecular weight excluding hydrogens is 420 g/mol. The maximum absolute atomic E-state index is 13.0. The van der Waals surface area contributed by atoms with Crippen LogP contribution >= 0.6 is 23.4 Å². The number of thioether (sulfide) groups is 1. The van der Waals surface area contributed by atoms with Crippen LogP contribution in [0, 0.1) is 0 Å². The summed E-state index contributed by atoms with van der Waals surface area (Å²) in [6, 6.07) is 15.3. The summed E-state index contributed by atoms with van der Waals surface area (Å²) in [5.74, 6) is 1.46. The van der Waals surface area contributed by atoms with E-state index in [1.54, 1.807) is 25.3 Å². The van der Waals surface area contributed by atoms with Gasteiger partial charge < -0.3 is 9.64 Å². The van der Waals surface area contributed by atoms with Gasteiger partial charge in [-0.3, -0.25) is 9.89 Å². The summed E-state index contributed by atoms with van der Waals surface area (Å²) in [5.41, 5.74) is 1.52. The van der Waals surface area contributed by atoms with Crippen molar-refractivity contribution in [3.8, 4) is 17.1 Å². The number of methoxy groups -OCH3 is 1. The Kier molecular flexibility index (Phi) is 7.05. The first-order chi connectivity index (χ1) is 14.3. The topological polar surface area (TPSA) is 71.1 Å². The van der Waals surface area contributed by atoms with Crippen LogP contribution in [0.3, 0.4) is 0 Å². The predicted molar refractivity (Wildman–Crippen MR) is 121 cm³/mol. The molecule has 3 aromatic rings. The molecule has 0 bridgehead atoms. The second-order valence-corrected chi connectivity index (χ2v) is 9.12. The molecule has 2 aromatic carbocycles. The van der Waals surface area contributed by atoms with Gasteiger partial charge in [0.2, 0.25) is 11.1 Å². The lowest BCUT2D eigenvalue weighted by Gasteiger charge is -2.35. The lowest BCUT2D eigenvalue weighted by atomic mass is 10.0. The number of hydrogen-bond donors (Lipinski definition) is 1. The zero-order valence-electron chi connectivity index (χ0n) is 17.5. The third kappa shape index (κ3) is 5.55. The van der Waals surface area contributed by atoms with E-state index < -0.39 is 0 Å². The van der Waals surface area contributed by atoms with Crippen LogP contribution in [-0.4, -0.2) is 44.4 Å². The summed E-state index contributed by atoms with van der Waals surface area (Å²) in [5, 5.41) is 8.21. The molecule has 1 heterocycles. The minimum Gasteiger partial charge on any atom is -0.496 e. The fourth-order valence-electron chi connectivity index (χ4n) is 2.97. The minimum atomic E-state index is -0.300. The number of H-pyrrole nitrogens is 1. The Bertz CT molecular complexity index is 1000. The Morgan fingerprint density at radius 1 is 1.20 bits per heavy atom. The second-order valence-electron chi connectivity index (χ2n) is 7.74. The van der Waals surface area contributed by atoms with Gasteiger partial charge in [0.15, 0.2) is 5.82 Å². The molecule has 158 valence electrons. The summed E-state index contributed by atoms with van der Waals surface area (Å²) >= 11 is 7.40. The smallest absolute Gasteiger partial charge is 0.233 e. The molecular formula is C22H25ClN4O2S. The fraction of sp³-hybridized carbons (Fsp3) is 0.318. The molecule has 8 heteroatoms. The number of nitrogens with zero attached hydrogens (tertiary/aromatic N) is 3. The minimum absolute atomic E-state index is 0.0306. The van der Waals surface area contributed by atoms with E-state index in [-0.39, 0.29) is 17.2 Å². The monoisotopic (exact) mass is 444 g/mol. The van der Waals surface area contributed by atoms with Crippen molar-refractivity contribution in [1.29, 1.82) is 0 Å². The summed E-state index contributed by atoms with van der Waals surface area (Å²) in [4.78, 5) is 19.4. The van der Waals surface area contributed by atoms with Crippen molar-refractivity contribution in [2.75, 3.05) is 12.9 Å². The number of nitrogens with one attached hydrogen (secondary N) is 1. The van der Waals surface area contributed by atoms with Crippen molar-refractivity contribution >= 4 is 29.3 Å². The molecule has 0 saturated carbocycles. The van der Waals surface area contributed by atoms with Crippen LogP contribution in [0.1, 0.15) is 26.3 Å². The zero-order valence-corrected chi connectivity index (χ0v) is 19.0. The third-order valence-electron chi connectivity index (χ3n) is 4.50. The third-order valence-corrected chi connectivity index (χ3v) is 5.57. The van der Waals surface area contributed by atoms with E-state index in [1.165, 1.54) is 11.8 Å². The van der Waals surface area contributed by atoms with Crippen LogP contribution in [0.2, 0.25) is 5.02 Å². The van der Waals surface area contributed by atoms with Gasteiger partial charge in [-0.05, 0) is 44.5 Å². The molecule has 0 spiro atoms. The van der Waals surface area contributed by atoms with Crippen LogP contribution in [0.5, 0.6) is 5.75 Å². The Morgan fingerprint density at radius 2 is 1.93 bits per heavy atom.